The molecular formula is C17H19NO2S. The number of nitrogens with one attached hydrogen (secondary N) is 1. The first kappa shape index (κ1) is 14.3. The quantitative estimate of drug-likeness (QED) is 0.947. The van der Waals surface area contributed by atoms with E-state index in [0.29, 0.717) is 6.61 Å². The molecule has 0 saturated heterocycles. The first-order valence-corrected chi connectivity index (χ1v) is 8.28. The van der Waals surface area contributed by atoms with E-state index in [2.05, 4.69) is 5.32 Å². The van der Waals surface area contributed by atoms with Gasteiger partial charge in [-0.1, -0.05) is 30.3 Å². The van der Waals surface area contributed by atoms with E-state index in [-0.39, 0.29) is 11.3 Å². The van der Waals surface area contributed by atoms with Crippen molar-refractivity contribution < 1.29 is 8.95 Å². The van der Waals surface area contributed by atoms with Crippen molar-refractivity contribution in [2.75, 3.05) is 13.7 Å². The molecule has 1 N–H and O–H groups in total. The average molecular weight is 301 g/mol. The van der Waals surface area contributed by atoms with Gasteiger partial charge in [0.25, 0.3) is 0 Å². The summed E-state index contributed by atoms with van der Waals surface area (Å²) in [5.41, 5.74) is 2.20. The Labute approximate surface area is 127 Å². The van der Waals surface area contributed by atoms with Crippen molar-refractivity contribution in [2.45, 2.75) is 23.1 Å². The summed E-state index contributed by atoms with van der Waals surface area (Å²) >= 11 is 0. The number of hydrogen-bond acceptors (Lipinski definition) is 3. The number of para-hydroxylation sites is 1. The van der Waals surface area contributed by atoms with Crippen LogP contribution in [0.3, 0.4) is 0 Å². The van der Waals surface area contributed by atoms with Crippen LogP contribution in [-0.4, -0.2) is 23.1 Å². The van der Waals surface area contributed by atoms with Gasteiger partial charge in [-0.25, -0.2) is 0 Å². The lowest BCUT2D eigenvalue weighted by Gasteiger charge is -2.32. The van der Waals surface area contributed by atoms with E-state index in [0.717, 1.165) is 21.8 Å². The molecule has 0 aromatic heterocycles. The zero-order chi connectivity index (χ0) is 14.8. The summed E-state index contributed by atoms with van der Waals surface area (Å²) in [4.78, 5) is 0.864. The zero-order valence-corrected chi connectivity index (χ0v) is 13.0. The fourth-order valence-corrected chi connectivity index (χ4v) is 4.37. The van der Waals surface area contributed by atoms with E-state index < -0.39 is 10.8 Å². The van der Waals surface area contributed by atoms with Gasteiger partial charge >= 0.3 is 0 Å². The molecule has 1 heterocycles. The molecule has 110 valence electrons. The Morgan fingerprint density at radius 2 is 2.00 bits per heavy atom. The van der Waals surface area contributed by atoms with Crippen LogP contribution in [0.1, 0.15) is 17.2 Å². The second-order valence-corrected chi connectivity index (χ2v) is 6.94. The molecule has 0 amide bonds. The molecule has 0 saturated carbocycles. The Morgan fingerprint density at radius 1 is 1.19 bits per heavy atom. The Kier molecular flexibility index (Phi) is 4.08. The fraction of sp³-hybridized carbons (Fsp3) is 0.294. The van der Waals surface area contributed by atoms with Crippen LogP contribution in [0.25, 0.3) is 0 Å². The third kappa shape index (κ3) is 2.74. The molecule has 2 aromatic carbocycles. The molecule has 1 aliphatic rings. The Morgan fingerprint density at radius 3 is 2.76 bits per heavy atom. The van der Waals surface area contributed by atoms with Crippen LogP contribution in [0, 0.1) is 6.92 Å². The van der Waals surface area contributed by atoms with Gasteiger partial charge in [0, 0.05) is 10.5 Å². The molecule has 4 heteroatoms. The van der Waals surface area contributed by atoms with Gasteiger partial charge in [-0.3, -0.25) is 4.21 Å². The van der Waals surface area contributed by atoms with E-state index in [1.165, 1.54) is 0 Å². The molecule has 3 rings (SSSR count). The largest absolute Gasteiger partial charge is 0.492 e. The predicted octanol–water partition coefficient (Wildman–Crippen LogP) is 2.82. The first-order chi connectivity index (χ1) is 10.2. The van der Waals surface area contributed by atoms with Crippen molar-refractivity contribution in [3.63, 3.8) is 0 Å². The minimum Gasteiger partial charge on any atom is -0.492 e. The van der Waals surface area contributed by atoms with Gasteiger partial charge in [-0.15, -0.1) is 0 Å². The van der Waals surface area contributed by atoms with Crippen molar-refractivity contribution in [1.29, 1.82) is 0 Å². The van der Waals surface area contributed by atoms with Crippen LogP contribution in [0.15, 0.2) is 53.4 Å². The third-order valence-electron chi connectivity index (χ3n) is 3.84. The third-order valence-corrected chi connectivity index (χ3v) is 5.51. The Bertz CT molecular complexity index is 671. The van der Waals surface area contributed by atoms with E-state index in [1.807, 2.05) is 62.5 Å². The molecule has 0 aliphatic carbocycles. The number of rotatable bonds is 3. The van der Waals surface area contributed by atoms with Crippen molar-refractivity contribution in [2.24, 2.45) is 0 Å². The number of ether oxygens (including phenoxy) is 1. The average Bonchev–Trinajstić information content (AvgIpc) is 2.53. The topological polar surface area (TPSA) is 38.3 Å². The van der Waals surface area contributed by atoms with Crippen LogP contribution in [-0.2, 0) is 10.8 Å². The summed E-state index contributed by atoms with van der Waals surface area (Å²) in [5.74, 6) is 0.884. The van der Waals surface area contributed by atoms with Crippen LogP contribution < -0.4 is 10.1 Å². The first-order valence-electron chi connectivity index (χ1n) is 7.07. The molecule has 3 unspecified atom stereocenters. The molecule has 1 aliphatic heterocycles. The van der Waals surface area contributed by atoms with Crippen molar-refractivity contribution in [3.8, 4) is 5.75 Å². The zero-order valence-electron chi connectivity index (χ0n) is 12.2. The summed E-state index contributed by atoms with van der Waals surface area (Å²) in [7, 11) is 0.805. The van der Waals surface area contributed by atoms with Crippen molar-refractivity contribution in [3.05, 3.63) is 59.7 Å². The maximum absolute atomic E-state index is 12.9. The van der Waals surface area contributed by atoms with Gasteiger partial charge in [-0.05, 0) is 37.7 Å². The summed E-state index contributed by atoms with van der Waals surface area (Å²) in [6, 6.07) is 15.9. The van der Waals surface area contributed by atoms with E-state index in [9.17, 15) is 4.21 Å². The highest BCUT2D eigenvalue weighted by molar-refractivity contribution is 7.85. The van der Waals surface area contributed by atoms with Gasteiger partial charge in [0.15, 0.2) is 0 Å². The van der Waals surface area contributed by atoms with Gasteiger partial charge in [-0.2, -0.15) is 0 Å². The Balaban J connectivity index is 1.94. The maximum atomic E-state index is 12.9. The van der Waals surface area contributed by atoms with Crippen molar-refractivity contribution in [1.82, 2.24) is 5.32 Å². The van der Waals surface area contributed by atoms with E-state index in [1.54, 1.807) is 0 Å². The highest BCUT2D eigenvalue weighted by Gasteiger charge is 2.34. The van der Waals surface area contributed by atoms with Gasteiger partial charge in [0.05, 0.1) is 22.1 Å². The highest BCUT2D eigenvalue weighted by Crippen LogP contribution is 2.35. The van der Waals surface area contributed by atoms with Crippen molar-refractivity contribution >= 4 is 10.8 Å². The summed E-state index contributed by atoms with van der Waals surface area (Å²) in [6.07, 6.45) is 0. The monoisotopic (exact) mass is 301 g/mol. The van der Waals surface area contributed by atoms with Crippen LogP contribution >= 0.6 is 0 Å². The van der Waals surface area contributed by atoms with Crippen LogP contribution in [0.4, 0.5) is 0 Å². The van der Waals surface area contributed by atoms with E-state index in [4.69, 9.17) is 4.74 Å². The molecule has 0 bridgehead atoms. The minimum atomic E-state index is -1.10. The predicted molar refractivity (Wildman–Crippen MR) is 85.1 cm³/mol. The molecule has 3 atom stereocenters. The maximum Gasteiger partial charge on any atom is 0.124 e. The van der Waals surface area contributed by atoms with E-state index >= 15 is 0 Å². The molecule has 21 heavy (non-hydrogen) atoms. The minimum absolute atomic E-state index is 0.0382. The summed E-state index contributed by atoms with van der Waals surface area (Å²) in [5, 5.41) is 3.21. The fourth-order valence-electron chi connectivity index (χ4n) is 2.78. The van der Waals surface area contributed by atoms with Crippen LogP contribution in [0.2, 0.25) is 0 Å². The van der Waals surface area contributed by atoms with Gasteiger partial charge in [0.1, 0.15) is 12.4 Å². The summed E-state index contributed by atoms with van der Waals surface area (Å²) < 4.78 is 18.7. The lowest BCUT2D eigenvalue weighted by Crippen LogP contribution is -2.40. The molecule has 3 nitrogen and oxygen atoms in total. The van der Waals surface area contributed by atoms with Gasteiger partial charge < -0.3 is 10.1 Å². The smallest absolute Gasteiger partial charge is 0.124 e. The second-order valence-electron chi connectivity index (χ2n) is 5.27. The molecule has 0 radical (unpaired) electrons. The van der Waals surface area contributed by atoms with Gasteiger partial charge in [0.2, 0.25) is 0 Å². The molecular weight excluding hydrogens is 282 g/mol. The number of aryl methyl sites for hydroxylation is 1. The lowest BCUT2D eigenvalue weighted by molar-refractivity contribution is 0.262. The number of benzene rings is 2. The number of fused-ring (bicyclic) bond motifs is 1. The lowest BCUT2D eigenvalue weighted by atomic mass is 10.0. The summed E-state index contributed by atoms with van der Waals surface area (Å²) in [6.45, 7) is 2.48. The Hall–Kier alpha value is -1.65. The highest BCUT2D eigenvalue weighted by atomic mass is 32.2. The number of hydrogen-bond donors (Lipinski definition) is 1. The molecule has 2 aromatic rings. The standard InChI is InChI=1S/C17H19NO2S/c1-12-6-5-7-13(10-12)21(19)16-11-20-15-9-4-3-8-14(15)17(16)18-2/h3-10,16-18H,11H2,1-2H3. The SMILES string of the molecule is CNC1c2ccccc2OCC1S(=O)c1cccc(C)c1. The molecule has 0 spiro atoms. The second kappa shape index (κ2) is 6.00. The van der Waals surface area contributed by atoms with Crippen LogP contribution in [0.5, 0.6) is 5.75 Å². The normalized spacial score (nSPS) is 22.2. The molecule has 0 fully saturated rings.